The fourth-order valence-electron chi connectivity index (χ4n) is 6.19. The van der Waals surface area contributed by atoms with E-state index in [2.05, 4.69) is 6.92 Å². The molecule has 0 amide bonds. The van der Waals surface area contributed by atoms with E-state index in [9.17, 15) is 5.11 Å². The summed E-state index contributed by atoms with van der Waals surface area (Å²) >= 11 is 12.3. The maximum atomic E-state index is 10.2. The highest BCUT2D eigenvalue weighted by Gasteiger charge is 2.19. The van der Waals surface area contributed by atoms with Crippen LogP contribution in [0.4, 0.5) is 0 Å². The first-order valence-corrected chi connectivity index (χ1v) is 23.7. The second-order valence-electron chi connectivity index (χ2n) is 13.7. The van der Waals surface area contributed by atoms with Crippen LogP contribution < -0.4 is 0 Å². The van der Waals surface area contributed by atoms with Crippen molar-refractivity contribution in [1.82, 2.24) is 0 Å². The number of hydrogen-bond donors (Lipinski definition) is 1. The molecule has 0 aliphatic heterocycles. The highest BCUT2D eigenvalue weighted by Crippen LogP contribution is 2.23. The molecule has 0 aromatic rings. The van der Waals surface area contributed by atoms with E-state index < -0.39 is 6.69 Å². The Kier molecular flexibility index (Phi) is 34.3. The first-order valence-electron chi connectivity index (χ1n) is 19.0. The second kappa shape index (κ2) is 33.6. The van der Waals surface area contributed by atoms with Crippen molar-refractivity contribution in [3.05, 3.63) is 0 Å². The summed E-state index contributed by atoms with van der Waals surface area (Å²) in [6, 6.07) is 1.01. The Bertz CT molecular complexity index is 482. The van der Waals surface area contributed by atoms with Gasteiger partial charge in [0.15, 0.2) is 0 Å². The molecule has 1 N–H and O–H groups in total. The number of unbranched alkanes of at least 4 members (excludes halogenated alkanes) is 29. The average molecular weight is 636 g/mol. The predicted molar refractivity (Wildman–Crippen MR) is 192 cm³/mol. The minimum Gasteiger partial charge on any atom is -0.393 e. The van der Waals surface area contributed by atoms with Crippen LogP contribution in [0.3, 0.4) is 0 Å². The number of aliphatic hydroxyl groups excluding tert-OH is 1. The van der Waals surface area contributed by atoms with E-state index in [4.69, 9.17) is 22.2 Å². The Morgan fingerprint density at radius 3 is 0.854 bits per heavy atom. The fourth-order valence-corrected chi connectivity index (χ4v) is 7.86. The zero-order valence-corrected chi connectivity index (χ0v) is 30.8. The summed E-state index contributed by atoms with van der Waals surface area (Å²) in [7, 11) is 0. The van der Waals surface area contributed by atoms with Gasteiger partial charge in [-0.2, -0.15) is 0 Å². The standard InChI is InChI=1S/C37H76Cl2OSi/c1-3-4-5-6-7-8-9-10-11-12-13-14-15-16-17-18-19-20-21-22-23-24-25-26-28-31-34-37(40)35-32-29-27-30-33-36-41(2,38)39/h37,40H,3-36H2,1-2H3/t37-/m0/s1. The first kappa shape index (κ1) is 41.8. The molecule has 0 saturated carbocycles. The van der Waals surface area contributed by atoms with Crippen LogP contribution in [0.25, 0.3) is 0 Å². The molecular formula is C37H76Cl2OSi. The van der Waals surface area contributed by atoms with Gasteiger partial charge in [0.05, 0.1) is 6.10 Å². The number of halogens is 2. The van der Waals surface area contributed by atoms with Crippen molar-refractivity contribution in [3.63, 3.8) is 0 Å². The Morgan fingerprint density at radius 1 is 0.390 bits per heavy atom. The lowest BCUT2D eigenvalue weighted by molar-refractivity contribution is 0.147. The summed E-state index contributed by atoms with van der Waals surface area (Å²) in [6.45, 7) is 2.42. The van der Waals surface area contributed by atoms with E-state index in [1.54, 1.807) is 0 Å². The molecule has 0 bridgehead atoms. The normalized spacial score (nSPS) is 12.8. The maximum Gasteiger partial charge on any atom is 0.248 e. The van der Waals surface area contributed by atoms with Gasteiger partial charge in [0.1, 0.15) is 0 Å². The van der Waals surface area contributed by atoms with Crippen LogP contribution in [-0.4, -0.2) is 17.9 Å². The Balaban J connectivity index is 3.13. The van der Waals surface area contributed by atoms with Gasteiger partial charge in [0.2, 0.25) is 6.69 Å². The van der Waals surface area contributed by atoms with E-state index in [-0.39, 0.29) is 6.10 Å². The Labute approximate surface area is 270 Å². The molecule has 0 aromatic heterocycles. The quantitative estimate of drug-likeness (QED) is 0.0417. The lowest BCUT2D eigenvalue weighted by Crippen LogP contribution is -2.11. The highest BCUT2D eigenvalue weighted by atomic mass is 35.7. The Hall–Kier alpha value is 0.757. The molecule has 0 heterocycles. The van der Waals surface area contributed by atoms with Gasteiger partial charge in [0.25, 0.3) is 0 Å². The lowest BCUT2D eigenvalue weighted by Gasteiger charge is -2.11. The lowest BCUT2D eigenvalue weighted by atomic mass is 10.0. The minimum atomic E-state index is -1.89. The molecule has 0 rings (SSSR count). The average Bonchev–Trinajstić information content (AvgIpc) is 2.93. The monoisotopic (exact) mass is 635 g/mol. The zero-order valence-electron chi connectivity index (χ0n) is 28.3. The Morgan fingerprint density at radius 2 is 0.610 bits per heavy atom. The third-order valence-electron chi connectivity index (χ3n) is 9.04. The molecular weight excluding hydrogens is 559 g/mol. The van der Waals surface area contributed by atoms with Gasteiger partial charge in [0, 0.05) is 0 Å². The molecule has 0 saturated heterocycles. The van der Waals surface area contributed by atoms with Crippen molar-refractivity contribution in [3.8, 4) is 0 Å². The molecule has 0 aromatic carbocycles. The number of hydrogen-bond acceptors (Lipinski definition) is 1. The largest absolute Gasteiger partial charge is 0.393 e. The smallest absolute Gasteiger partial charge is 0.248 e. The summed E-state index contributed by atoms with van der Waals surface area (Å²) in [5.41, 5.74) is 0. The van der Waals surface area contributed by atoms with E-state index in [0.29, 0.717) is 0 Å². The van der Waals surface area contributed by atoms with Crippen LogP contribution in [0, 0.1) is 0 Å². The molecule has 41 heavy (non-hydrogen) atoms. The van der Waals surface area contributed by atoms with Crippen LogP contribution in [0.5, 0.6) is 0 Å². The first-order chi connectivity index (χ1) is 20.0. The molecule has 0 fully saturated rings. The molecule has 0 radical (unpaired) electrons. The van der Waals surface area contributed by atoms with Crippen molar-refractivity contribution in [2.45, 2.75) is 238 Å². The third kappa shape index (κ3) is 38.7. The summed E-state index contributed by atoms with van der Waals surface area (Å²) in [6.07, 6.45) is 45.3. The summed E-state index contributed by atoms with van der Waals surface area (Å²) in [5.74, 6) is 0. The van der Waals surface area contributed by atoms with Gasteiger partial charge >= 0.3 is 0 Å². The van der Waals surface area contributed by atoms with Crippen LogP contribution in [0.15, 0.2) is 0 Å². The molecule has 0 unspecified atom stereocenters. The minimum absolute atomic E-state index is 0.0780. The van der Waals surface area contributed by atoms with Crippen molar-refractivity contribution in [1.29, 1.82) is 0 Å². The molecule has 4 heteroatoms. The molecule has 1 nitrogen and oxygen atoms in total. The van der Waals surface area contributed by atoms with Crippen molar-refractivity contribution < 1.29 is 5.11 Å². The fraction of sp³-hybridized carbons (Fsp3) is 1.00. The zero-order chi connectivity index (χ0) is 30.1. The predicted octanol–water partition coefficient (Wildman–Crippen LogP) is 14.8. The second-order valence-corrected chi connectivity index (χ2v) is 21.9. The van der Waals surface area contributed by atoms with Crippen molar-refractivity contribution in [2.24, 2.45) is 0 Å². The summed E-state index contributed by atoms with van der Waals surface area (Å²) < 4.78 is 0. The van der Waals surface area contributed by atoms with E-state index in [1.807, 2.05) is 6.55 Å². The summed E-state index contributed by atoms with van der Waals surface area (Å²) in [5, 5.41) is 10.2. The number of rotatable bonds is 35. The molecule has 1 atom stereocenters. The van der Waals surface area contributed by atoms with E-state index in [1.165, 1.54) is 186 Å². The van der Waals surface area contributed by atoms with Crippen LogP contribution in [-0.2, 0) is 0 Å². The van der Waals surface area contributed by atoms with Gasteiger partial charge in [-0.05, 0) is 25.4 Å². The SMILES string of the molecule is CCCCCCCCCCCCCCCCCCCCCCCCCCCC[C@H](O)CCCCCCC[Si](C)(Cl)Cl. The van der Waals surface area contributed by atoms with Gasteiger partial charge < -0.3 is 5.11 Å². The van der Waals surface area contributed by atoms with Gasteiger partial charge in [-0.1, -0.05) is 206 Å². The van der Waals surface area contributed by atoms with Crippen LogP contribution >= 0.6 is 22.2 Å². The molecule has 0 spiro atoms. The molecule has 248 valence electrons. The maximum absolute atomic E-state index is 10.2. The van der Waals surface area contributed by atoms with Crippen molar-refractivity contribution in [2.75, 3.05) is 0 Å². The number of aliphatic hydroxyl groups is 1. The topological polar surface area (TPSA) is 20.2 Å². The third-order valence-corrected chi connectivity index (χ3v) is 11.4. The molecule has 0 aliphatic rings. The van der Waals surface area contributed by atoms with Crippen LogP contribution in [0.1, 0.15) is 219 Å². The summed E-state index contributed by atoms with van der Waals surface area (Å²) in [4.78, 5) is 0. The molecule has 0 aliphatic carbocycles. The van der Waals surface area contributed by atoms with Gasteiger partial charge in [-0.25, -0.2) is 0 Å². The van der Waals surface area contributed by atoms with Gasteiger partial charge in [-0.3, -0.25) is 0 Å². The highest BCUT2D eigenvalue weighted by molar-refractivity contribution is 7.44. The van der Waals surface area contributed by atoms with E-state index >= 15 is 0 Å². The van der Waals surface area contributed by atoms with Gasteiger partial charge in [-0.15, -0.1) is 22.2 Å². The van der Waals surface area contributed by atoms with Crippen LogP contribution in [0.2, 0.25) is 12.6 Å². The van der Waals surface area contributed by atoms with Crippen molar-refractivity contribution >= 4 is 28.9 Å². The van der Waals surface area contributed by atoms with E-state index in [0.717, 1.165) is 31.7 Å².